The molecule has 0 aliphatic carbocycles. The van der Waals surface area contributed by atoms with Crippen LogP contribution >= 0.6 is 23.2 Å². The Kier molecular flexibility index (Phi) is 9.69. The number of amides is 1. The predicted molar refractivity (Wildman–Crippen MR) is 138 cm³/mol. The molecule has 1 atom stereocenters. The van der Waals surface area contributed by atoms with Crippen LogP contribution < -0.4 is 5.32 Å². The Bertz CT molecular complexity index is 1190. The second kappa shape index (κ2) is 12.5. The number of benzene rings is 3. The lowest BCUT2D eigenvalue weighted by atomic mass is 10.1. The molecule has 186 valence electrons. The third kappa shape index (κ3) is 7.77. The highest BCUT2D eigenvalue weighted by atomic mass is 35.5. The Hall–Kier alpha value is -2.45. The first-order valence-corrected chi connectivity index (χ1v) is 13.0. The number of halogens is 3. The molecule has 0 spiro atoms. The van der Waals surface area contributed by atoms with Gasteiger partial charge < -0.3 is 10.4 Å². The zero-order valence-corrected chi connectivity index (χ0v) is 21.8. The quantitative estimate of drug-likeness (QED) is 0.317. The lowest BCUT2D eigenvalue weighted by Gasteiger charge is -2.22. The van der Waals surface area contributed by atoms with Gasteiger partial charge >= 0.3 is 0 Å². The fourth-order valence-corrected chi connectivity index (χ4v) is 5.25. The average Bonchev–Trinajstić information content (AvgIpc) is 2.82. The van der Waals surface area contributed by atoms with Crippen LogP contribution in [0.4, 0.5) is 4.39 Å². The van der Waals surface area contributed by atoms with Crippen LogP contribution in [0, 0.1) is 11.7 Å². The number of hydrogen-bond acceptors (Lipinski definition) is 3. The number of aromatic hydroxyl groups is 1. The van der Waals surface area contributed by atoms with Crippen molar-refractivity contribution in [3.63, 3.8) is 0 Å². The first-order chi connectivity index (χ1) is 16.6. The zero-order valence-electron chi connectivity index (χ0n) is 19.4. The van der Waals surface area contributed by atoms with Gasteiger partial charge in [-0.3, -0.25) is 4.79 Å². The van der Waals surface area contributed by atoms with Gasteiger partial charge in [-0.15, -0.1) is 0 Å². The molecule has 0 fully saturated rings. The Labute approximate surface area is 217 Å². The molecule has 0 aliphatic heterocycles. The van der Waals surface area contributed by atoms with Crippen molar-refractivity contribution in [2.24, 2.45) is 5.92 Å². The first-order valence-electron chi connectivity index (χ1n) is 11.1. The van der Waals surface area contributed by atoms with E-state index in [1.807, 2.05) is 0 Å². The summed E-state index contributed by atoms with van der Waals surface area (Å²) in [5.41, 5.74) is 2.06. The monoisotopic (exact) mass is 536 g/mol. The summed E-state index contributed by atoms with van der Waals surface area (Å²) >= 11 is 12.1. The highest BCUT2D eigenvalue weighted by Crippen LogP contribution is 2.35. The highest BCUT2D eigenvalue weighted by molar-refractivity contribution is 7.82. The summed E-state index contributed by atoms with van der Waals surface area (Å²) in [6, 6.07) is 15.7. The van der Waals surface area contributed by atoms with E-state index < -0.39 is 11.0 Å². The van der Waals surface area contributed by atoms with E-state index in [4.69, 9.17) is 23.2 Å². The Morgan fingerprint density at radius 2 is 1.60 bits per heavy atom. The minimum absolute atomic E-state index is 0.00425. The molecule has 0 bridgehead atoms. The molecule has 0 radical (unpaired) electrons. The molecule has 5 nitrogen and oxygen atoms in total. The van der Waals surface area contributed by atoms with Crippen molar-refractivity contribution in [2.45, 2.75) is 38.3 Å². The van der Waals surface area contributed by atoms with Crippen molar-refractivity contribution < 1.29 is 18.5 Å². The van der Waals surface area contributed by atoms with Crippen molar-refractivity contribution in [3.8, 4) is 5.75 Å². The SMILES string of the molecule is CC(C)CCNC(=O)c1ccc(CN(Cc2ccc(F)cc2)S(=O)c2cc(Cl)cc(Cl)c2O)cc1. The number of nitrogens with zero attached hydrogens (tertiary/aromatic N) is 1. The van der Waals surface area contributed by atoms with Gasteiger partial charge in [-0.05, 0) is 59.9 Å². The van der Waals surface area contributed by atoms with E-state index >= 15 is 0 Å². The second-order valence-electron chi connectivity index (χ2n) is 8.54. The number of rotatable bonds is 10. The highest BCUT2D eigenvalue weighted by Gasteiger charge is 2.22. The summed E-state index contributed by atoms with van der Waals surface area (Å²) in [7, 11) is -1.84. The molecule has 3 rings (SSSR count). The fourth-order valence-electron chi connectivity index (χ4n) is 3.32. The standard InChI is InChI=1S/C26H27Cl2FN2O3S/c1-17(2)11-12-30-26(33)20-7-3-18(4-8-20)15-31(16-19-5-9-22(29)10-6-19)35(34)24-14-21(27)13-23(28)25(24)32/h3-10,13-14,17,32H,11-12,15-16H2,1-2H3,(H,30,33). The molecule has 9 heteroatoms. The number of nitrogens with one attached hydrogen (secondary N) is 1. The molecular formula is C26H27Cl2FN2O3S. The van der Waals surface area contributed by atoms with Crippen LogP contribution in [0.15, 0.2) is 65.6 Å². The fraction of sp³-hybridized carbons (Fsp3) is 0.269. The third-order valence-electron chi connectivity index (χ3n) is 5.27. The molecule has 35 heavy (non-hydrogen) atoms. The van der Waals surface area contributed by atoms with Gasteiger partial charge in [-0.1, -0.05) is 61.3 Å². The maximum atomic E-state index is 13.5. The molecule has 3 aromatic rings. The summed E-state index contributed by atoms with van der Waals surface area (Å²) < 4.78 is 28.5. The van der Waals surface area contributed by atoms with Gasteiger partial charge in [0, 0.05) is 30.2 Å². The van der Waals surface area contributed by atoms with E-state index in [0.717, 1.165) is 17.5 Å². The summed E-state index contributed by atoms with van der Waals surface area (Å²) in [6.45, 7) is 5.23. The van der Waals surface area contributed by atoms with Crippen LogP contribution in [-0.2, 0) is 24.1 Å². The van der Waals surface area contributed by atoms with E-state index in [2.05, 4.69) is 19.2 Å². The second-order valence-corrected chi connectivity index (χ2v) is 10.8. The molecule has 0 aliphatic rings. The number of phenols is 1. The van der Waals surface area contributed by atoms with E-state index in [9.17, 15) is 18.5 Å². The van der Waals surface area contributed by atoms with Crippen molar-refractivity contribution in [1.29, 1.82) is 0 Å². The predicted octanol–water partition coefficient (Wildman–Crippen LogP) is 6.34. The summed E-state index contributed by atoms with van der Waals surface area (Å²) in [5, 5.41) is 13.5. The van der Waals surface area contributed by atoms with Crippen LogP contribution in [0.25, 0.3) is 0 Å². The van der Waals surface area contributed by atoms with E-state index in [1.165, 1.54) is 24.3 Å². The number of carbonyl (C=O) groups is 1. The van der Waals surface area contributed by atoms with Gasteiger partial charge in [0.25, 0.3) is 5.91 Å². The maximum Gasteiger partial charge on any atom is 0.251 e. The maximum absolute atomic E-state index is 13.5. The van der Waals surface area contributed by atoms with Crippen molar-refractivity contribution in [1.82, 2.24) is 9.62 Å². The number of phenolic OH excluding ortho intramolecular Hbond substituents is 1. The largest absolute Gasteiger partial charge is 0.505 e. The van der Waals surface area contributed by atoms with Gasteiger partial charge in [0.1, 0.15) is 16.8 Å². The van der Waals surface area contributed by atoms with Gasteiger partial charge in [-0.2, -0.15) is 0 Å². The molecule has 2 N–H and O–H groups in total. The van der Waals surface area contributed by atoms with Crippen molar-refractivity contribution in [2.75, 3.05) is 6.54 Å². The zero-order chi connectivity index (χ0) is 25.5. The van der Waals surface area contributed by atoms with Gasteiger partial charge in [0.15, 0.2) is 5.75 Å². The van der Waals surface area contributed by atoms with E-state index in [1.54, 1.807) is 40.7 Å². The number of carbonyl (C=O) groups excluding carboxylic acids is 1. The van der Waals surface area contributed by atoms with E-state index in [0.29, 0.717) is 18.0 Å². The van der Waals surface area contributed by atoms with Crippen molar-refractivity contribution in [3.05, 3.63) is 93.2 Å². The topological polar surface area (TPSA) is 69.6 Å². The molecule has 1 amide bonds. The summed E-state index contributed by atoms with van der Waals surface area (Å²) in [5.74, 6) is -0.336. The molecule has 3 aromatic carbocycles. The molecule has 0 aromatic heterocycles. The Balaban J connectivity index is 1.82. The van der Waals surface area contributed by atoms with E-state index in [-0.39, 0.29) is 45.5 Å². The lowest BCUT2D eigenvalue weighted by molar-refractivity contribution is 0.0952. The molecule has 0 heterocycles. The molecule has 0 saturated carbocycles. The van der Waals surface area contributed by atoms with Crippen LogP contribution in [-0.4, -0.2) is 26.1 Å². The van der Waals surface area contributed by atoms with Gasteiger partial charge in [-0.25, -0.2) is 12.9 Å². The molecule has 1 unspecified atom stereocenters. The van der Waals surface area contributed by atoms with Gasteiger partial charge in [0.05, 0.1) is 9.92 Å². The number of hydrogen-bond donors (Lipinski definition) is 2. The first kappa shape index (κ1) is 27.1. The average molecular weight is 537 g/mol. The molecule has 0 saturated heterocycles. The molecular weight excluding hydrogens is 510 g/mol. The third-order valence-corrected chi connectivity index (χ3v) is 7.19. The lowest BCUT2D eigenvalue weighted by Crippen LogP contribution is -2.26. The minimum Gasteiger partial charge on any atom is -0.505 e. The van der Waals surface area contributed by atoms with Crippen LogP contribution in [0.2, 0.25) is 10.0 Å². The Morgan fingerprint density at radius 3 is 2.17 bits per heavy atom. The van der Waals surface area contributed by atoms with Crippen molar-refractivity contribution >= 4 is 40.1 Å². The van der Waals surface area contributed by atoms with Crippen LogP contribution in [0.3, 0.4) is 0 Å². The normalized spacial score (nSPS) is 12.2. The van der Waals surface area contributed by atoms with Crippen LogP contribution in [0.1, 0.15) is 41.8 Å². The smallest absolute Gasteiger partial charge is 0.251 e. The van der Waals surface area contributed by atoms with Gasteiger partial charge in [0.2, 0.25) is 0 Å². The van der Waals surface area contributed by atoms with Crippen LogP contribution in [0.5, 0.6) is 5.75 Å². The summed E-state index contributed by atoms with van der Waals surface area (Å²) in [6.07, 6.45) is 0.897. The Morgan fingerprint density at radius 1 is 1.03 bits per heavy atom. The minimum atomic E-state index is -1.84. The summed E-state index contributed by atoms with van der Waals surface area (Å²) in [4.78, 5) is 12.4.